The van der Waals surface area contributed by atoms with Crippen LogP contribution in [0.25, 0.3) is 10.8 Å². The van der Waals surface area contributed by atoms with Crippen molar-refractivity contribution in [3.8, 4) is 11.8 Å². The molecule has 0 aromatic heterocycles. The zero-order valence-electron chi connectivity index (χ0n) is 21.9. The number of nitrogens with zero attached hydrogens (tertiary/aromatic N) is 4. The highest BCUT2D eigenvalue weighted by Crippen LogP contribution is 2.48. The predicted molar refractivity (Wildman–Crippen MR) is 161 cm³/mol. The lowest BCUT2D eigenvalue weighted by Crippen LogP contribution is -2.47. The van der Waals surface area contributed by atoms with Gasteiger partial charge in [0.05, 0.1) is 16.9 Å². The molecule has 0 unspecified atom stereocenters. The monoisotopic (exact) mass is 554 g/mol. The molecule has 0 N–H and O–H groups in total. The van der Waals surface area contributed by atoms with E-state index in [1.165, 1.54) is 21.2 Å². The molecular formula is C32H31ClN4OS. The normalized spacial score (nSPS) is 15.5. The zero-order valence-corrected chi connectivity index (χ0v) is 23.4. The minimum Gasteiger partial charge on any atom is -0.490 e. The second kappa shape index (κ2) is 11.9. The highest BCUT2D eigenvalue weighted by Gasteiger charge is 2.24. The average Bonchev–Trinajstić information content (AvgIpc) is 2.98. The number of hydrogen-bond acceptors (Lipinski definition) is 6. The summed E-state index contributed by atoms with van der Waals surface area (Å²) in [5.41, 5.74) is 3.08. The van der Waals surface area contributed by atoms with Crippen molar-refractivity contribution in [3.63, 3.8) is 0 Å². The summed E-state index contributed by atoms with van der Waals surface area (Å²) in [7, 11) is 0. The first-order valence-electron chi connectivity index (χ1n) is 13.5. The molecule has 0 spiro atoms. The van der Waals surface area contributed by atoms with Gasteiger partial charge in [-0.2, -0.15) is 5.26 Å². The van der Waals surface area contributed by atoms with Crippen LogP contribution < -0.4 is 9.64 Å². The second-order valence-corrected chi connectivity index (χ2v) is 11.5. The van der Waals surface area contributed by atoms with Crippen LogP contribution in [0, 0.1) is 11.3 Å². The first-order valence-corrected chi connectivity index (χ1v) is 14.7. The van der Waals surface area contributed by atoms with Gasteiger partial charge in [-0.3, -0.25) is 4.90 Å². The third kappa shape index (κ3) is 5.73. The van der Waals surface area contributed by atoms with Crippen molar-refractivity contribution in [2.45, 2.75) is 16.2 Å². The number of para-hydroxylation sites is 1. The van der Waals surface area contributed by atoms with E-state index in [0.717, 1.165) is 68.0 Å². The van der Waals surface area contributed by atoms with Crippen LogP contribution >= 0.6 is 23.4 Å². The Bertz CT molecular complexity index is 1510. The molecule has 0 radical (unpaired) electrons. The maximum atomic E-state index is 9.56. The lowest BCUT2D eigenvalue weighted by Gasteiger charge is -2.36. The Balaban J connectivity index is 0.996. The van der Waals surface area contributed by atoms with Gasteiger partial charge < -0.3 is 14.5 Å². The van der Waals surface area contributed by atoms with Crippen molar-refractivity contribution >= 4 is 45.5 Å². The summed E-state index contributed by atoms with van der Waals surface area (Å²) in [4.78, 5) is 10.0. The number of ether oxygens (including phenoxy) is 1. The molecule has 0 atom stereocenters. The number of halogens is 1. The SMILES string of the molecule is N#Cc1ccc2ccccc2c1OCCN1CCN(CCCN2c3ccccc3Sc3ccc(Cl)cc32)CC1. The van der Waals surface area contributed by atoms with Crippen molar-refractivity contribution in [3.05, 3.63) is 89.4 Å². The molecule has 0 bridgehead atoms. The zero-order chi connectivity index (χ0) is 26.6. The summed E-state index contributed by atoms with van der Waals surface area (Å²) in [6.45, 7) is 7.67. The molecule has 0 aliphatic carbocycles. The maximum Gasteiger partial charge on any atom is 0.144 e. The first kappa shape index (κ1) is 26.0. The molecule has 1 saturated heterocycles. The van der Waals surface area contributed by atoms with Crippen molar-refractivity contribution in [1.29, 1.82) is 5.26 Å². The van der Waals surface area contributed by atoms with E-state index < -0.39 is 0 Å². The van der Waals surface area contributed by atoms with Crippen LogP contribution in [0.2, 0.25) is 5.02 Å². The highest BCUT2D eigenvalue weighted by atomic mass is 35.5. The van der Waals surface area contributed by atoms with Gasteiger partial charge in [0.15, 0.2) is 0 Å². The Morgan fingerprint density at radius 1 is 0.795 bits per heavy atom. The van der Waals surface area contributed by atoms with Crippen LogP contribution in [0.5, 0.6) is 5.75 Å². The third-order valence-electron chi connectivity index (χ3n) is 7.56. The van der Waals surface area contributed by atoms with E-state index in [0.29, 0.717) is 17.9 Å². The van der Waals surface area contributed by atoms with Gasteiger partial charge in [0, 0.05) is 59.5 Å². The van der Waals surface area contributed by atoms with E-state index in [9.17, 15) is 5.26 Å². The van der Waals surface area contributed by atoms with Gasteiger partial charge in [-0.25, -0.2) is 0 Å². The summed E-state index contributed by atoms with van der Waals surface area (Å²) in [6.07, 6.45) is 1.09. The van der Waals surface area contributed by atoms with Crippen LogP contribution in [-0.2, 0) is 0 Å². The van der Waals surface area contributed by atoms with Crippen molar-refractivity contribution < 1.29 is 4.74 Å². The van der Waals surface area contributed by atoms with Gasteiger partial charge in [0.1, 0.15) is 18.4 Å². The minimum atomic E-state index is 0.580. The van der Waals surface area contributed by atoms with Gasteiger partial charge in [-0.05, 0) is 54.8 Å². The van der Waals surface area contributed by atoms with E-state index in [4.69, 9.17) is 16.3 Å². The largest absolute Gasteiger partial charge is 0.490 e. The molecule has 5 nitrogen and oxygen atoms in total. The molecule has 2 aliphatic heterocycles. The third-order valence-corrected chi connectivity index (χ3v) is 8.93. The van der Waals surface area contributed by atoms with Crippen molar-refractivity contribution in [2.24, 2.45) is 0 Å². The summed E-state index contributed by atoms with van der Waals surface area (Å²) in [5.74, 6) is 0.704. The lowest BCUT2D eigenvalue weighted by molar-refractivity contribution is 0.117. The fraction of sp³-hybridized carbons (Fsp3) is 0.281. The number of hydrogen-bond donors (Lipinski definition) is 0. The molecule has 39 heavy (non-hydrogen) atoms. The van der Waals surface area contributed by atoms with E-state index in [2.05, 4.69) is 63.2 Å². The number of rotatable bonds is 8. The number of nitriles is 1. The maximum absolute atomic E-state index is 9.56. The molecule has 198 valence electrons. The quantitative estimate of drug-likeness (QED) is 0.232. The number of anilines is 2. The van der Waals surface area contributed by atoms with Gasteiger partial charge in [-0.15, -0.1) is 0 Å². The van der Waals surface area contributed by atoms with Crippen LogP contribution in [0.1, 0.15) is 12.0 Å². The van der Waals surface area contributed by atoms with Gasteiger partial charge in [0.2, 0.25) is 0 Å². The predicted octanol–water partition coefficient (Wildman–Crippen LogP) is 7.05. The smallest absolute Gasteiger partial charge is 0.144 e. The lowest BCUT2D eigenvalue weighted by atomic mass is 10.1. The minimum absolute atomic E-state index is 0.580. The van der Waals surface area contributed by atoms with Crippen LogP contribution in [0.15, 0.2) is 88.7 Å². The van der Waals surface area contributed by atoms with Gasteiger partial charge >= 0.3 is 0 Å². The van der Waals surface area contributed by atoms with Gasteiger partial charge in [-0.1, -0.05) is 65.8 Å². The van der Waals surface area contributed by atoms with E-state index in [-0.39, 0.29) is 0 Å². The Hall–Kier alpha value is -3.21. The molecule has 7 heteroatoms. The Morgan fingerprint density at radius 3 is 2.38 bits per heavy atom. The fourth-order valence-corrected chi connectivity index (χ4v) is 6.74. The molecule has 1 fully saturated rings. The summed E-state index contributed by atoms with van der Waals surface area (Å²) < 4.78 is 6.17. The van der Waals surface area contributed by atoms with E-state index in [1.54, 1.807) is 0 Å². The molecule has 2 aliphatic rings. The second-order valence-electron chi connectivity index (χ2n) is 9.99. The first-order chi connectivity index (χ1) is 19.2. The molecule has 0 amide bonds. The van der Waals surface area contributed by atoms with E-state index in [1.807, 2.05) is 48.2 Å². The number of piperazine rings is 1. The average molecular weight is 555 g/mol. The van der Waals surface area contributed by atoms with E-state index >= 15 is 0 Å². The molecule has 0 saturated carbocycles. The topological polar surface area (TPSA) is 42.7 Å². The van der Waals surface area contributed by atoms with Crippen LogP contribution in [0.4, 0.5) is 11.4 Å². The van der Waals surface area contributed by atoms with Crippen LogP contribution in [0.3, 0.4) is 0 Å². The molecular weight excluding hydrogens is 524 g/mol. The molecule has 2 heterocycles. The fourth-order valence-electron chi connectivity index (χ4n) is 5.50. The Morgan fingerprint density at radius 2 is 1.54 bits per heavy atom. The number of benzene rings is 4. The molecule has 6 rings (SSSR count). The number of fused-ring (bicyclic) bond motifs is 3. The summed E-state index contributed by atoms with van der Waals surface area (Å²) in [5, 5.41) is 12.4. The van der Waals surface area contributed by atoms with Crippen LogP contribution in [-0.4, -0.2) is 62.2 Å². The molecule has 4 aromatic carbocycles. The standard InChI is InChI=1S/C32H31ClN4OS/c33-26-12-13-31-29(22-26)37(28-8-3-4-9-30(28)39-31)15-5-14-35-16-18-36(19-17-35)20-21-38-32-25(23-34)11-10-24-6-1-2-7-27(24)32/h1-4,6-13,22H,5,14-21H2. The Labute approximate surface area is 239 Å². The van der Waals surface area contributed by atoms with Gasteiger partial charge in [0.25, 0.3) is 0 Å². The highest BCUT2D eigenvalue weighted by molar-refractivity contribution is 7.99. The van der Waals surface area contributed by atoms with Crippen molar-refractivity contribution in [2.75, 3.05) is 57.3 Å². The van der Waals surface area contributed by atoms with Crippen molar-refractivity contribution in [1.82, 2.24) is 9.80 Å². The summed E-state index contributed by atoms with van der Waals surface area (Å²) in [6, 6.07) is 29.1. The Kier molecular flexibility index (Phi) is 7.94. The molecule has 4 aromatic rings. The summed E-state index contributed by atoms with van der Waals surface area (Å²) >= 11 is 8.20.